The number of benzene rings is 1. The van der Waals surface area contributed by atoms with Crippen LogP contribution in [0.15, 0.2) is 36.7 Å². The Labute approximate surface area is 133 Å². The van der Waals surface area contributed by atoms with Crippen LogP contribution in [-0.2, 0) is 6.54 Å². The molecule has 1 aromatic carbocycles. The minimum atomic E-state index is -0.776. The maximum absolute atomic E-state index is 13.0. The van der Waals surface area contributed by atoms with Crippen LogP contribution in [0.5, 0.6) is 0 Å². The van der Waals surface area contributed by atoms with Gasteiger partial charge in [-0.1, -0.05) is 0 Å². The summed E-state index contributed by atoms with van der Waals surface area (Å²) in [6.07, 6.45) is 1.65. The summed E-state index contributed by atoms with van der Waals surface area (Å²) in [5, 5.41) is 24.7. The number of aliphatic hydroxyl groups excluding tert-OH is 1. The molecule has 1 N–H and O–H groups in total. The fourth-order valence-corrected chi connectivity index (χ4v) is 2.29. The van der Waals surface area contributed by atoms with Crippen LogP contribution < -0.4 is 4.90 Å². The Kier molecular flexibility index (Phi) is 5.28. The summed E-state index contributed by atoms with van der Waals surface area (Å²) in [7, 11) is 0. The average Bonchev–Trinajstić information content (AvgIpc) is 2.94. The standard InChI is InChI=1S/C15H19FN4O3/c1-11(2)19(13-5-3-12(16)4-6-13)10-15(21)9-18-8-14(7-17-18)20(22)23/h3-8,11,15,21H,9-10H2,1-2H3. The first kappa shape index (κ1) is 16.9. The van der Waals surface area contributed by atoms with Crippen molar-refractivity contribution in [1.29, 1.82) is 0 Å². The van der Waals surface area contributed by atoms with Gasteiger partial charge in [-0.3, -0.25) is 14.8 Å². The molecule has 2 rings (SSSR count). The van der Waals surface area contributed by atoms with E-state index >= 15 is 0 Å². The Hall–Kier alpha value is -2.48. The third-order valence-corrected chi connectivity index (χ3v) is 3.42. The number of nitrogens with zero attached hydrogens (tertiary/aromatic N) is 4. The van der Waals surface area contributed by atoms with Gasteiger partial charge >= 0.3 is 5.69 Å². The van der Waals surface area contributed by atoms with Gasteiger partial charge in [0.05, 0.1) is 17.6 Å². The number of aliphatic hydroxyl groups is 1. The first-order valence-corrected chi connectivity index (χ1v) is 7.24. The Morgan fingerprint density at radius 2 is 2.04 bits per heavy atom. The molecular formula is C15H19FN4O3. The summed E-state index contributed by atoms with van der Waals surface area (Å²) >= 11 is 0. The van der Waals surface area contributed by atoms with Crippen LogP contribution in [0.1, 0.15) is 13.8 Å². The van der Waals surface area contributed by atoms with Crippen LogP contribution in [0, 0.1) is 15.9 Å². The van der Waals surface area contributed by atoms with Crippen LogP contribution in [0.4, 0.5) is 15.8 Å². The van der Waals surface area contributed by atoms with Crippen molar-refractivity contribution in [3.05, 3.63) is 52.6 Å². The average molecular weight is 322 g/mol. The molecule has 0 aliphatic carbocycles. The van der Waals surface area contributed by atoms with Gasteiger partial charge in [0, 0.05) is 18.3 Å². The summed E-state index contributed by atoms with van der Waals surface area (Å²) in [5.74, 6) is -0.318. The highest BCUT2D eigenvalue weighted by Crippen LogP contribution is 2.18. The zero-order chi connectivity index (χ0) is 17.0. The van der Waals surface area contributed by atoms with E-state index in [2.05, 4.69) is 5.10 Å². The first-order chi connectivity index (χ1) is 10.9. The number of aromatic nitrogens is 2. The predicted molar refractivity (Wildman–Crippen MR) is 83.8 cm³/mol. The molecule has 0 aliphatic rings. The van der Waals surface area contributed by atoms with Crippen LogP contribution in [0.25, 0.3) is 0 Å². The lowest BCUT2D eigenvalue weighted by molar-refractivity contribution is -0.385. The summed E-state index contributed by atoms with van der Waals surface area (Å²) in [6.45, 7) is 4.37. The normalized spacial score (nSPS) is 12.4. The van der Waals surface area contributed by atoms with E-state index in [1.807, 2.05) is 18.7 Å². The molecule has 0 spiro atoms. The van der Waals surface area contributed by atoms with Crippen LogP contribution in [0.2, 0.25) is 0 Å². The fourth-order valence-electron chi connectivity index (χ4n) is 2.29. The fraction of sp³-hybridized carbons (Fsp3) is 0.400. The summed E-state index contributed by atoms with van der Waals surface area (Å²) in [6, 6.07) is 6.14. The van der Waals surface area contributed by atoms with Crippen molar-refractivity contribution in [1.82, 2.24) is 9.78 Å². The predicted octanol–water partition coefficient (Wildman–Crippen LogP) is 2.21. The Morgan fingerprint density at radius 1 is 1.39 bits per heavy atom. The smallest absolute Gasteiger partial charge is 0.306 e. The first-order valence-electron chi connectivity index (χ1n) is 7.24. The maximum atomic E-state index is 13.0. The zero-order valence-electron chi connectivity index (χ0n) is 13.0. The molecule has 0 saturated carbocycles. The topological polar surface area (TPSA) is 84.4 Å². The Bertz CT molecular complexity index is 657. The van der Waals surface area contributed by atoms with Gasteiger partial charge < -0.3 is 10.0 Å². The molecule has 0 aliphatic heterocycles. The lowest BCUT2D eigenvalue weighted by atomic mass is 10.2. The van der Waals surface area contributed by atoms with E-state index < -0.39 is 11.0 Å². The van der Waals surface area contributed by atoms with Gasteiger partial charge in [-0.2, -0.15) is 5.10 Å². The number of halogens is 1. The second-order valence-electron chi connectivity index (χ2n) is 5.55. The number of hydrogen-bond donors (Lipinski definition) is 1. The van der Waals surface area contributed by atoms with E-state index in [0.29, 0.717) is 6.54 Å². The molecule has 0 amide bonds. The number of rotatable bonds is 7. The van der Waals surface area contributed by atoms with Gasteiger partial charge in [0.2, 0.25) is 0 Å². The van der Waals surface area contributed by atoms with Gasteiger partial charge in [-0.15, -0.1) is 0 Å². The molecule has 7 nitrogen and oxygen atoms in total. The zero-order valence-corrected chi connectivity index (χ0v) is 13.0. The van der Waals surface area contributed by atoms with Crippen molar-refractivity contribution >= 4 is 11.4 Å². The molecule has 23 heavy (non-hydrogen) atoms. The summed E-state index contributed by atoms with van der Waals surface area (Å²) < 4.78 is 14.4. The van der Waals surface area contributed by atoms with Crippen molar-refractivity contribution in [3.63, 3.8) is 0 Å². The van der Waals surface area contributed by atoms with Gasteiger partial charge in [-0.05, 0) is 38.1 Å². The van der Waals surface area contributed by atoms with Crippen LogP contribution in [-0.4, -0.2) is 38.5 Å². The van der Waals surface area contributed by atoms with E-state index in [1.54, 1.807) is 12.1 Å². The molecule has 0 radical (unpaired) electrons. The second kappa shape index (κ2) is 7.19. The molecular weight excluding hydrogens is 303 g/mol. The Balaban J connectivity index is 2.04. The van der Waals surface area contributed by atoms with E-state index in [0.717, 1.165) is 11.9 Å². The van der Waals surface area contributed by atoms with Crippen molar-refractivity contribution in [3.8, 4) is 0 Å². The molecule has 0 fully saturated rings. The molecule has 1 heterocycles. The molecule has 1 atom stereocenters. The van der Waals surface area contributed by atoms with E-state index in [9.17, 15) is 19.6 Å². The van der Waals surface area contributed by atoms with Crippen LogP contribution in [0.3, 0.4) is 0 Å². The Morgan fingerprint density at radius 3 is 2.57 bits per heavy atom. The number of hydrogen-bond acceptors (Lipinski definition) is 5. The maximum Gasteiger partial charge on any atom is 0.306 e. The molecule has 1 unspecified atom stereocenters. The van der Waals surface area contributed by atoms with E-state index in [4.69, 9.17) is 0 Å². The highest BCUT2D eigenvalue weighted by Gasteiger charge is 2.17. The molecule has 0 saturated heterocycles. The SMILES string of the molecule is CC(C)N(CC(O)Cn1cc([N+](=O)[O-])cn1)c1ccc(F)cc1. The molecule has 1 aromatic heterocycles. The molecule has 124 valence electrons. The van der Waals surface area contributed by atoms with E-state index in [1.165, 1.54) is 23.0 Å². The summed E-state index contributed by atoms with van der Waals surface area (Å²) in [4.78, 5) is 12.0. The van der Waals surface area contributed by atoms with Gasteiger partial charge in [0.25, 0.3) is 0 Å². The van der Waals surface area contributed by atoms with Crippen LogP contribution >= 0.6 is 0 Å². The van der Waals surface area contributed by atoms with Crippen molar-refractivity contribution < 1.29 is 14.4 Å². The minimum Gasteiger partial charge on any atom is -0.389 e. The second-order valence-corrected chi connectivity index (χ2v) is 5.55. The van der Waals surface area contributed by atoms with Gasteiger partial charge in [0.1, 0.15) is 18.2 Å². The summed E-state index contributed by atoms with van der Waals surface area (Å²) in [5.41, 5.74) is 0.684. The molecule has 8 heteroatoms. The lowest BCUT2D eigenvalue weighted by Crippen LogP contribution is -2.39. The van der Waals surface area contributed by atoms with Crippen molar-refractivity contribution in [2.45, 2.75) is 32.5 Å². The number of anilines is 1. The van der Waals surface area contributed by atoms with Gasteiger partial charge in [0.15, 0.2) is 0 Å². The van der Waals surface area contributed by atoms with E-state index in [-0.39, 0.29) is 24.1 Å². The highest BCUT2D eigenvalue weighted by atomic mass is 19.1. The lowest BCUT2D eigenvalue weighted by Gasteiger charge is -2.31. The highest BCUT2D eigenvalue weighted by molar-refractivity contribution is 5.47. The molecule has 0 bridgehead atoms. The number of nitro groups is 1. The monoisotopic (exact) mass is 322 g/mol. The van der Waals surface area contributed by atoms with Crippen molar-refractivity contribution in [2.75, 3.05) is 11.4 Å². The third kappa shape index (κ3) is 4.49. The van der Waals surface area contributed by atoms with Gasteiger partial charge in [-0.25, -0.2) is 4.39 Å². The minimum absolute atomic E-state index is 0.0991. The quantitative estimate of drug-likeness (QED) is 0.624. The molecule has 2 aromatic rings. The van der Waals surface area contributed by atoms with Crippen molar-refractivity contribution in [2.24, 2.45) is 0 Å². The third-order valence-electron chi connectivity index (χ3n) is 3.42. The largest absolute Gasteiger partial charge is 0.389 e.